The lowest BCUT2D eigenvalue weighted by molar-refractivity contribution is 0.101. The van der Waals surface area contributed by atoms with Gasteiger partial charge < -0.3 is 4.74 Å². The second kappa shape index (κ2) is 12.1. The van der Waals surface area contributed by atoms with Gasteiger partial charge in [0.2, 0.25) is 0 Å². The number of Topliss-reactive ketones (excluding diaryl/α,β-unsaturated/α-hetero) is 1. The summed E-state index contributed by atoms with van der Waals surface area (Å²) >= 11 is 0. The van der Waals surface area contributed by atoms with Gasteiger partial charge in [-0.25, -0.2) is 0 Å². The molecule has 2 nitrogen and oxygen atoms in total. The van der Waals surface area contributed by atoms with Gasteiger partial charge in [-0.1, -0.05) is 121 Å². The minimum atomic E-state index is -0.00700. The largest absolute Gasteiger partial charge is 0.497 e. The fourth-order valence-electron chi connectivity index (χ4n) is 4.84. The molecule has 2 heteroatoms. The van der Waals surface area contributed by atoms with Crippen molar-refractivity contribution in [2.75, 3.05) is 7.11 Å². The summed E-state index contributed by atoms with van der Waals surface area (Å²) in [5.41, 5.74) is 8.40. The van der Waals surface area contributed by atoms with Crippen LogP contribution in [0.3, 0.4) is 0 Å². The molecule has 0 aliphatic carbocycles. The molecule has 5 aromatic rings. The Balaban J connectivity index is 1.85. The second-order valence-electron chi connectivity index (χ2n) is 9.32. The lowest BCUT2D eigenvalue weighted by Gasteiger charge is -2.20. The number of carbonyl (C=O) groups excluding carboxylic acids is 1. The maximum atomic E-state index is 13.6. The van der Waals surface area contributed by atoms with Crippen molar-refractivity contribution in [3.63, 3.8) is 0 Å². The minimum absolute atomic E-state index is 0.00700. The molecule has 5 aromatic carbocycles. The van der Waals surface area contributed by atoms with E-state index in [1.807, 2.05) is 84.9 Å². The van der Waals surface area contributed by atoms with E-state index in [1.165, 1.54) is 0 Å². The summed E-state index contributed by atoms with van der Waals surface area (Å²) < 4.78 is 5.84. The highest BCUT2D eigenvalue weighted by Crippen LogP contribution is 2.39. The second-order valence-corrected chi connectivity index (χ2v) is 9.32. The molecule has 0 amide bonds. The molecule has 0 aromatic heterocycles. The summed E-state index contributed by atoms with van der Waals surface area (Å²) in [4.78, 5) is 13.6. The number of hydrogen-bond donors (Lipinski definition) is 0. The zero-order chi connectivity index (χ0) is 27.0. The summed E-state index contributed by atoms with van der Waals surface area (Å²) in [6, 6.07) is 44.7. The van der Waals surface area contributed by atoms with Crippen LogP contribution in [-0.4, -0.2) is 12.9 Å². The van der Waals surface area contributed by atoms with Gasteiger partial charge in [0.1, 0.15) is 5.75 Å². The van der Waals surface area contributed by atoms with Crippen molar-refractivity contribution >= 4 is 29.1 Å². The van der Waals surface area contributed by atoms with Gasteiger partial charge in [-0.15, -0.1) is 0 Å². The van der Waals surface area contributed by atoms with Crippen LogP contribution >= 0.6 is 0 Å². The van der Waals surface area contributed by atoms with Crippen LogP contribution in [0.4, 0.5) is 0 Å². The number of carbonyl (C=O) groups is 1. The Labute approximate surface area is 230 Å². The van der Waals surface area contributed by atoms with Gasteiger partial charge in [-0.05, 0) is 75.7 Å². The van der Waals surface area contributed by atoms with E-state index in [-0.39, 0.29) is 5.78 Å². The summed E-state index contributed by atoms with van der Waals surface area (Å²) in [7, 11) is 1.67. The van der Waals surface area contributed by atoms with Gasteiger partial charge in [0.15, 0.2) is 5.78 Å². The van der Waals surface area contributed by atoms with E-state index in [0.717, 1.165) is 44.5 Å². The summed E-state index contributed by atoms with van der Waals surface area (Å²) in [5, 5.41) is 0. The van der Waals surface area contributed by atoms with Gasteiger partial charge in [-0.3, -0.25) is 4.79 Å². The van der Waals surface area contributed by atoms with Crippen LogP contribution in [0.15, 0.2) is 133 Å². The van der Waals surface area contributed by atoms with Crippen LogP contribution in [0, 0.1) is 0 Å². The van der Waals surface area contributed by atoms with Crippen LogP contribution in [0.2, 0.25) is 0 Å². The first-order valence-corrected chi connectivity index (χ1v) is 13.0. The third kappa shape index (κ3) is 5.97. The first kappa shape index (κ1) is 25.7. The first-order valence-electron chi connectivity index (χ1n) is 13.0. The molecule has 0 aliphatic rings. The molecule has 0 heterocycles. The number of methoxy groups -OCH3 is 1. The molecule has 0 fully saturated rings. The number of hydrogen-bond acceptors (Lipinski definition) is 2. The molecule has 0 unspecified atom stereocenters. The molecule has 5 rings (SSSR count). The molecule has 0 atom stereocenters. The lowest BCUT2D eigenvalue weighted by atomic mass is 9.84. The summed E-state index contributed by atoms with van der Waals surface area (Å²) in [5.74, 6) is 0.683. The third-order valence-electron chi connectivity index (χ3n) is 6.67. The normalized spacial score (nSPS) is 11.7. The average Bonchev–Trinajstić information content (AvgIpc) is 3.00. The quantitative estimate of drug-likeness (QED) is 0.155. The van der Waals surface area contributed by atoms with Gasteiger partial charge in [0.05, 0.1) is 7.11 Å². The molecule has 0 spiro atoms. The fourth-order valence-corrected chi connectivity index (χ4v) is 4.84. The van der Waals surface area contributed by atoms with Crippen molar-refractivity contribution in [3.8, 4) is 5.75 Å². The molecular formula is C37H30O2. The molecular weight excluding hydrogens is 476 g/mol. The molecule has 39 heavy (non-hydrogen) atoms. The van der Waals surface area contributed by atoms with E-state index >= 15 is 0 Å². The Morgan fingerprint density at radius 1 is 0.564 bits per heavy atom. The van der Waals surface area contributed by atoms with E-state index in [2.05, 4.69) is 60.7 Å². The Morgan fingerprint density at radius 2 is 0.923 bits per heavy atom. The molecule has 0 aliphatic heterocycles. The van der Waals surface area contributed by atoms with Crippen molar-refractivity contribution in [2.24, 2.45) is 0 Å². The number of benzene rings is 5. The van der Waals surface area contributed by atoms with Gasteiger partial charge in [0.25, 0.3) is 0 Å². The fraction of sp³-hybridized carbons (Fsp3) is 0.0541. The average molecular weight is 507 g/mol. The van der Waals surface area contributed by atoms with Crippen LogP contribution in [-0.2, 0) is 0 Å². The van der Waals surface area contributed by atoms with Crippen LogP contribution in [0.5, 0.6) is 5.75 Å². The van der Waals surface area contributed by atoms with Gasteiger partial charge in [-0.2, -0.15) is 0 Å². The molecule has 0 N–H and O–H groups in total. The number of ether oxygens (including phenoxy) is 1. The maximum absolute atomic E-state index is 13.6. The van der Waals surface area contributed by atoms with Crippen LogP contribution < -0.4 is 4.74 Å². The van der Waals surface area contributed by atoms with E-state index < -0.39 is 0 Å². The summed E-state index contributed by atoms with van der Waals surface area (Å²) in [6.07, 6.45) is 4.28. The number of rotatable bonds is 8. The smallest absolute Gasteiger partial charge is 0.161 e. The monoisotopic (exact) mass is 506 g/mol. The zero-order valence-electron chi connectivity index (χ0n) is 22.2. The zero-order valence-corrected chi connectivity index (χ0v) is 22.2. The van der Waals surface area contributed by atoms with E-state index in [4.69, 9.17) is 4.74 Å². The van der Waals surface area contributed by atoms with Gasteiger partial charge in [0, 0.05) is 5.56 Å². The van der Waals surface area contributed by atoms with E-state index in [9.17, 15) is 4.79 Å². The predicted octanol–water partition coefficient (Wildman–Crippen LogP) is 9.08. The highest BCUT2D eigenvalue weighted by molar-refractivity contribution is 6.10. The third-order valence-corrected chi connectivity index (χ3v) is 6.67. The van der Waals surface area contributed by atoms with E-state index in [0.29, 0.717) is 11.3 Å². The molecule has 190 valence electrons. The Kier molecular flexibility index (Phi) is 7.95. The number of ketones is 1. The van der Waals surface area contributed by atoms with Crippen molar-refractivity contribution in [2.45, 2.75) is 6.92 Å². The Bertz CT molecular complexity index is 1500. The van der Waals surface area contributed by atoms with Crippen molar-refractivity contribution < 1.29 is 9.53 Å². The molecule has 0 saturated carbocycles. The van der Waals surface area contributed by atoms with Crippen molar-refractivity contribution in [1.82, 2.24) is 0 Å². The van der Waals surface area contributed by atoms with Crippen molar-refractivity contribution in [1.29, 1.82) is 0 Å². The Morgan fingerprint density at radius 3 is 1.26 bits per heavy atom. The highest BCUT2D eigenvalue weighted by Gasteiger charge is 2.22. The SMILES string of the molecule is COc1cc(/C(=C/c2ccccc2)c2ccccc2)c(C(C)=O)c(/C(=C/c2ccccc2)c2ccccc2)c1. The van der Waals surface area contributed by atoms with E-state index in [1.54, 1.807) is 14.0 Å². The topological polar surface area (TPSA) is 26.3 Å². The molecule has 0 saturated heterocycles. The van der Waals surface area contributed by atoms with Gasteiger partial charge >= 0.3 is 0 Å². The van der Waals surface area contributed by atoms with Crippen LogP contribution in [0.25, 0.3) is 23.3 Å². The minimum Gasteiger partial charge on any atom is -0.497 e. The molecule has 0 radical (unpaired) electrons. The molecule has 0 bridgehead atoms. The Hall–Kier alpha value is -4.95. The highest BCUT2D eigenvalue weighted by atomic mass is 16.5. The standard InChI is InChI=1S/C37H30O2/c1-27(38)37-35(33(30-19-11-5-12-20-30)23-28-15-7-3-8-16-28)25-32(39-2)26-36(37)34(31-21-13-6-14-22-31)24-29-17-9-4-10-18-29/h3-26H,1-2H3/b33-23+,34-24+. The van der Waals surface area contributed by atoms with Crippen molar-refractivity contribution in [3.05, 3.63) is 172 Å². The summed E-state index contributed by atoms with van der Waals surface area (Å²) in [6.45, 7) is 1.64. The first-order chi connectivity index (χ1) is 19.1. The lowest BCUT2D eigenvalue weighted by Crippen LogP contribution is -2.07. The van der Waals surface area contributed by atoms with Crippen LogP contribution in [0.1, 0.15) is 50.7 Å². The maximum Gasteiger partial charge on any atom is 0.161 e. The predicted molar refractivity (Wildman–Crippen MR) is 163 cm³/mol.